The van der Waals surface area contributed by atoms with Crippen LogP contribution in [0.5, 0.6) is 0 Å². The molecule has 2 atom stereocenters. The Morgan fingerprint density at radius 1 is 1.33 bits per heavy atom. The van der Waals surface area contributed by atoms with E-state index in [4.69, 9.17) is 5.73 Å². The molecule has 0 aliphatic heterocycles. The minimum Gasteiger partial charge on any atom is -0.392 e. The van der Waals surface area contributed by atoms with Crippen molar-refractivity contribution in [3.05, 3.63) is 65.0 Å². The highest BCUT2D eigenvalue weighted by molar-refractivity contribution is 5.84. The van der Waals surface area contributed by atoms with Crippen molar-refractivity contribution in [2.75, 3.05) is 6.54 Å². The molecule has 126 valence electrons. The number of aliphatic hydroxyl groups is 1. The lowest BCUT2D eigenvalue weighted by Crippen LogP contribution is -2.28. The van der Waals surface area contributed by atoms with Crippen LogP contribution in [0.4, 0.5) is 0 Å². The molecule has 1 aromatic heterocycles. The summed E-state index contributed by atoms with van der Waals surface area (Å²) in [5, 5.41) is 13.4. The zero-order valence-electron chi connectivity index (χ0n) is 13.6. The van der Waals surface area contributed by atoms with E-state index in [2.05, 4.69) is 16.4 Å². The van der Waals surface area contributed by atoms with Crippen molar-refractivity contribution in [2.24, 2.45) is 5.73 Å². The number of pyridine rings is 1. The van der Waals surface area contributed by atoms with Crippen molar-refractivity contribution in [3.63, 3.8) is 0 Å². The fourth-order valence-corrected chi connectivity index (χ4v) is 3.32. The third kappa shape index (κ3) is 3.80. The van der Waals surface area contributed by atoms with Crippen molar-refractivity contribution in [1.29, 1.82) is 0 Å². The van der Waals surface area contributed by atoms with Crippen LogP contribution in [0.2, 0.25) is 0 Å². The number of aliphatic hydroxyl groups excluding tert-OH is 1. The summed E-state index contributed by atoms with van der Waals surface area (Å²) in [6.45, 7) is 1.65. The van der Waals surface area contributed by atoms with Gasteiger partial charge in [-0.2, -0.15) is 0 Å². The van der Waals surface area contributed by atoms with E-state index >= 15 is 0 Å². The third-order valence-electron chi connectivity index (χ3n) is 4.54. The van der Waals surface area contributed by atoms with Gasteiger partial charge in [0.25, 0.3) is 0 Å². The highest BCUT2D eigenvalue weighted by Crippen LogP contribution is 2.33. The van der Waals surface area contributed by atoms with Crippen LogP contribution in [0.1, 0.15) is 34.6 Å². The average molecular weight is 325 g/mol. The number of carbonyl (C=O) groups excluding carboxylic acids is 1. The number of aryl methyl sites for hydroxylation is 1. The molecule has 0 saturated heterocycles. The van der Waals surface area contributed by atoms with Gasteiger partial charge in [-0.15, -0.1) is 0 Å². The Bertz CT molecular complexity index is 703. The van der Waals surface area contributed by atoms with E-state index in [9.17, 15) is 9.90 Å². The lowest BCUT2D eigenvalue weighted by atomic mass is 9.97. The number of rotatable bonds is 7. The maximum atomic E-state index is 11.6. The van der Waals surface area contributed by atoms with Crippen molar-refractivity contribution in [3.8, 4) is 0 Å². The lowest BCUT2D eigenvalue weighted by Gasteiger charge is -2.12. The largest absolute Gasteiger partial charge is 0.392 e. The SMILES string of the molecule is NC(=O)[C@@H]1c2cc(CNCCCc3cccnc3)ccc2C[C@H]1O. The van der Waals surface area contributed by atoms with Gasteiger partial charge in [-0.3, -0.25) is 9.78 Å². The zero-order chi connectivity index (χ0) is 16.9. The lowest BCUT2D eigenvalue weighted by molar-refractivity contribution is -0.121. The highest BCUT2D eigenvalue weighted by Gasteiger charge is 2.35. The molecule has 1 heterocycles. The molecule has 5 heteroatoms. The van der Waals surface area contributed by atoms with Crippen LogP contribution in [-0.2, 0) is 24.2 Å². The summed E-state index contributed by atoms with van der Waals surface area (Å²) < 4.78 is 0. The Kier molecular flexibility index (Phi) is 5.23. The topological polar surface area (TPSA) is 88.2 Å². The second-order valence-electron chi connectivity index (χ2n) is 6.33. The quantitative estimate of drug-likeness (QED) is 0.669. The van der Waals surface area contributed by atoms with Crippen LogP contribution >= 0.6 is 0 Å². The second kappa shape index (κ2) is 7.55. The van der Waals surface area contributed by atoms with Crippen LogP contribution in [0.25, 0.3) is 0 Å². The highest BCUT2D eigenvalue weighted by atomic mass is 16.3. The molecule has 1 aliphatic rings. The molecule has 0 radical (unpaired) electrons. The van der Waals surface area contributed by atoms with E-state index in [-0.39, 0.29) is 0 Å². The first-order chi connectivity index (χ1) is 11.6. The van der Waals surface area contributed by atoms with Gasteiger partial charge in [0.2, 0.25) is 5.91 Å². The maximum absolute atomic E-state index is 11.6. The first-order valence-electron chi connectivity index (χ1n) is 8.34. The first-order valence-corrected chi connectivity index (χ1v) is 8.34. The van der Waals surface area contributed by atoms with E-state index in [0.717, 1.165) is 42.6 Å². The van der Waals surface area contributed by atoms with E-state index in [1.807, 2.05) is 30.5 Å². The van der Waals surface area contributed by atoms with Crippen LogP contribution < -0.4 is 11.1 Å². The molecule has 0 bridgehead atoms. The molecule has 0 saturated carbocycles. The molecule has 1 aliphatic carbocycles. The summed E-state index contributed by atoms with van der Waals surface area (Å²) in [7, 11) is 0. The Morgan fingerprint density at radius 2 is 2.21 bits per heavy atom. The monoisotopic (exact) mass is 325 g/mol. The third-order valence-corrected chi connectivity index (χ3v) is 4.54. The number of nitrogens with zero attached hydrogens (tertiary/aromatic N) is 1. The van der Waals surface area contributed by atoms with Gasteiger partial charge in [0.05, 0.1) is 12.0 Å². The number of aromatic nitrogens is 1. The number of hydrogen-bond donors (Lipinski definition) is 3. The molecule has 4 N–H and O–H groups in total. The fraction of sp³-hybridized carbons (Fsp3) is 0.368. The maximum Gasteiger partial charge on any atom is 0.227 e. The molecule has 1 amide bonds. The van der Waals surface area contributed by atoms with Crippen molar-refractivity contribution in [1.82, 2.24) is 10.3 Å². The molecular weight excluding hydrogens is 302 g/mol. The standard InChI is InChI=1S/C19H23N3O2/c20-19(24)18-16-9-14(5-6-15(16)10-17(18)23)12-22-8-2-4-13-3-1-7-21-11-13/h1,3,5-7,9,11,17-18,22-23H,2,4,8,10,12H2,(H2,20,24)/t17-,18-/m1/s1. The summed E-state index contributed by atoms with van der Waals surface area (Å²) in [6, 6.07) is 10.1. The summed E-state index contributed by atoms with van der Waals surface area (Å²) in [6.07, 6.45) is 5.53. The van der Waals surface area contributed by atoms with E-state index < -0.39 is 17.9 Å². The Morgan fingerprint density at radius 3 is 2.96 bits per heavy atom. The van der Waals surface area contributed by atoms with Gasteiger partial charge in [0.15, 0.2) is 0 Å². The second-order valence-corrected chi connectivity index (χ2v) is 6.33. The molecular formula is C19H23N3O2. The number of carbonyl (C=O) groups is 1. The molecule has 3 rings (SSSR count). The summed E-state index contributed by atoms with van der Waals surface area (Å²) in [5.41, 5.74) is 9.68. The van der Waals surface area contributed by atoms with E-state index in [1.54, 1.807) is 6.20 Å². The van der Waals surface area contributed by atoms with Crippen LogP contribution in [0.3, 0.4) is 0 Å². The number of fused-ring (bicyclic) bond motifs is 1. The van der Waals surface area contributed by atoms with Gasteiger partial charge in [-0.25, -0.2) is 0 Å². The number of nitrogens with two attached hydrogens (primary N) is 1. The normalized spacial score (nSPS) is 19.2. The Labute approximate surface area is 141 Å². The number of amides is 1. The molecule has 0 unspecified atom stereocenters. The molecule has 2 aromatic rings. The number of hydrogen-bond acceptors (Lipinski definition) is 4. The molecule has 0 fully saturated rings. The first kappa shape index (κ1) is 16.6. The minimum absolute atomic E-state index is 0.456. The summed E-state index contributed by atoms with van der Waals surface area (Å²) in [5.74, 6) is -1.03. The van der Waals surface area contributed by atoms with Gasteiger partial charge in [0, 0.05) is 18.9 Å². The minimum atomic E-state index is -0.694. The number of primary amides is 1. The number of nitrogens with one attached hydrogen (secondary N) is 1. The van der Waals surface area contributed by atoms with E-state index in [0.29, 0.717) is 6.42 Å². The smallest absolute Gasteiger partial charge is 0.227 e. The number of benzene rings is 1. The van der Waals surface area contributed by atoms with Crippen molar-refractivity contribution < 1.29 is 9.90 Å². The van der Waals surface area contributed by atoms with Gasteiger partial charge >= 0.3 is 0 Å². The molecule has 24 heavy (non-hydrogen) atoms. The fourth-order valence-electron chi connectivity index (χ4n) is 3.32. The van der Waals surface area contributed by atoms with Crippen LogP contribution in [0, 0.1) is 0 Å². The van der Waals surface area contributed by atoms with Gasteiger partial charge in [-0.05, 0) is 54.1 Å². The van der Waals surface area contributed by atoms with Gasteiger partial charge < -0.3 is 16.2 Å². The Balaban J connectivity index is 1.51. The molecule has 1 aromatic carbocycles. The zero-order valence-corrected chi connectivity index (χ0v) is 13.6. The van der Waals surface area contributed by atoms with Gasteiger partial charge in [-0.1, -0.05) is 24.3 Å². The average Bonchev–Trinajstić information content (AvgIpc) is 2.90. The molecule has 0 spiro atoms. The van der Waals surface area contributed by atoms with E-state index in [1.165, 1.54) is 5.56 Å². The van der Waals surface area contributed by atoms with Gasteiger partial charge in [0.1, 0.15) is 0 Å². The summed E-state index contributed by atoms with van der Waals surface area (Å²) in [4.78, 5) is 15.7. The summed E-state index contributed by atoms with van der Waals surface area (Å²) >= 11 is 0. The predicted molar refractivity (Wildman–Crippen MR) is 92.4 cm³/mol. The van der Waals surface area contributed by atoms with Crippen LogP contribution in [0.15, 0.2) is 42.7 Å². The van der Waals surface area contributed by atoms with Crippen LogP contribution in [-0.4, -0.2) is 28.6 Å². The Hall–Kier alpha value is -2.24. The molecule has 5 nitrogen and oxygen atoms in total. The van der Waals surface area contributed by atoms with Crippen molar-refractivity contribution >= 4 is 5.91 Å². The van der Waals surface area contributed by atoms with Crippen molar-refractivity contribution in [2.45, 2.75) is 37.8 Å². The predicted octanol–water partition coefficient (Wildman–Crippen LogP) is 1.29.